The number of piperidine rings is 1. The Morgan fingerprint density at radius 2 is 1.89 bits per heavy atom. The lowest BCUT2D eigenvalue weighted by molar-refractivity contribution is -0.123. The maximum atomic E-state index is 12.6. The van der Waals surface area contributed by atoms with Crippen LogP contribution in [0.15, 0.2) is 0 Å². The van der Waals surface area contributed by atoms with Gasteiger partial charge in [0.1, 0.15) is 6.04 Å². The summed E-state index contributed by atoms with van der Waals surface area (Å²) < 4.78 is 27.9. The smallest absolute Gasteiger partial charge is 0.282 e. The van der Waals surface area contributed by atoms with Crippen LogP contribution in [-0.2, 0) is 15.0 Å². The first-order valence-corrected chi connectivity index (χ1v) is 8.10. The van der Waals surface area contributed by atoms with E-state index in [0.29, 0.717) is 19.5 Å². The lowest BCUT2D eigenvalue weighted by atomic mass is 10.2. The lowest BCUT2D eigenvalue weighted by Crippen LogP contribution is -2.51. The zero-order chi connectivity index (χ0) is 14.0. The van der Waals surface area contributed by atoms with E-state index < -0.39 is 16.3 Å². The van der Waals surface area contributed by atoms with Crippen LogP contribution in [0.2, 0.25) is 0 Å². The molecule has 0 aromatic heterocycles. The van der Waals surface area contributed by atoms with Crippen molar-refractivity contribution in [3.63, 3.8) is 0 Å². The first kappa shape index (κ1) is 14.7. The normalized spacial score (nSPS) is 30.4. The molecule has 0 bridgehead atoms. The molecular weight excluding hydrogens is 268 g/mol. The van der Waals surface area contributed by atoms with E-state index in [-0.39, 0.29) is 18.5 Å². The third-order valence-corrected chi connectivity index (χ3v) is 5.79. The molecule has 110 valence electrons. The number of nitrogens with two attached hydrogens (primary N) is 1. The molecule has 19 heavy (non-hydrogen) atoms. The van der Waals surface area contributed by atoms with Crippen LogP contribution >= 0.6 is 0 Å². The summed E-state index contributed by atoms with van der Waals surface area (Å²) in [6, 6.07) is -0.950. The Bertz CT molecular complexity index is 433. The molecule has 2 heterocycles. The summed E-state index contributed by atoms with van der Waals surface area (Å²) in [4.78, 5) is 11.8. The van der Waals surface area contributed by atoms with E-state index in [0.717, 1.165) is 19.3 Å². The van der Waals surface area contributed by atoms with Crippen molar-refractivity contribution >= 4 is 16.1 Å². The minimum Gasteiger partial charge on any atom is -0.358 e. The molecule has 0 aliphatic carbocycles. The number of likely N-dealkylation sites (N-methyl/N-ethyl adjacent to an activating group) is 1. The highest BCUT2D eigenvalue weighted by Gasteiger charge is 2.44. The fourth-order valence-electron chi connectivity index (χ4n) is 2.74. The summed E-state index contributed by atoms with van der Waals surface area (Å²) >= 11 is 0. The SMILES string of the molecule is CNC(=O)[C@@H]1C[C@H](N)CN1S(=O)(=O)N1CCCCC1. The predicted molar refractivity (Wildman–Crippen MR) is 71.5 cm³/mol. The molecule has 0 aromatic carbocycles. The van der Waals surface area contributed by atoms with Crippen molar-refractivity contribution < 1.29 is 13.2 Å². The van der Waals surface area contributed by atoms with Gasteiger partial charge in [-0.25, -0.2) is 0 Å². The van der Waals surface area contributed by atoms with Gasteiger partial charge in [0.25, 0.3) is 10.2 Å². The first-order valence-electron chi connectivity index (χ1n) is 6.71. The summed E-state index contributed by atoms with van der Waals surface area (Å²) in [5.41, 5.74) is 5.83. The maximum absolute atomic E-state index is 12.6. The van der Waals surface area contributed by atoms with Crippen molar-refractivity contribution in [3.05, 3.63) is 0 Å². The molecule has 2 aliphatic heterocycles. The molecule has 0 unspecified atom stereocenters. The Kier molecular flexibility index (Phi) is 4.44. The average Bonchev–Trinajstić information content (AvgIpc) is 2.81. The molecule has 2 fully saturated rings. The molecule has 1 amide bonds. The molecule has 8 heteroatoms. The van der Waals surface area contributed by atoms with E-state index >= 15 is 0 Å². The van der Waals surface area contributed by atoms with E-state index in [1.807, 2.05) is 0 Å². The van der Waals surface area contributed by atoms with Gasteiger partial charge in [-0.3, -0.25) is 4.79 Å². The van der Waals surface area contributed by atoms with Gasteiger partial charge in [-0.15, -0.1) is 0 Å². The van der Waals surface area contributed by atoms with Crippen molar-refractivity contribution in [2.24, 2.45) is 5.73 Å². The number of nitrogens with one attached hydrogen (secondary N) is 1. The number of hydrogen-bond donors (Lipinski definition) is 2. The Morgan fingerprint density at radius 1 is 1.26 bits per heavy atom. The molecule has 0 saturated carbocycles. The van der Waals surface area contributed by atoms with Crippen molar-refractivity contribution in [1.29, 1.82) is 0 Å². The minimum absolute atomic E-state index is 0.219. The zero-order valence-corrected chi connectivity index (χ0v) is 12.0. The van der Waals surface area contributed by atoms with Gasteiger partial charge in [-0.2, -0.15) is 17.0 Å². The number of carbonyl (C=O) groups is 1. The zero-order valence-electron chi connectivity index (χ0n) is 11.2. The molecular formula is C11H22N4O3S. The Morgan fingerprint density at radius 3 is 2.47 bits per heavy atom. The molecule has 7 nitrogen and oxygen atoms in total. The van der Waals surface area contributed by atoms with E-state index in [2.05, 4.69) is 5.32 Å². The summed E-state index contributed by atoms with van der Waals surface area (Å²) in [5, 5.41) is 2.51. The van der Waals surface area contributed by atoms with Crippen LogP contribution in [0.25, 0.3) is 0 Å². The van der Waals surface area contributed by atoms with E-state index in [1.54, 1.807) is 0 Å². The monoisotopic (exact) mass is 290 g/mol. The second-order valence-electron chi connectivity index (χ2n) is 5.16. The Hall–Kier alpha value is -0.700. The first-order chi connectivity index (χ1) is 8.96. The summed E-state index contributed by atoms with van der Waals surface area (Å²) in [7, 11) is -2.06. The lowest BCUT2D eigenvalue weighted by Gasteiger charge is -2.32. The highest BCUT2D eigenvalue weighted by Crippen LogP contribution is 2.25. The number of carbonyl (C=O) groups excluding carboxylic acids is 1. The van der Waals surface area contributed by atoms with Crippen molar-refractivity contribution in [2.75, 3.05) is 26.7 Å². The maximum Gasteiger partial charge on any atom is 0.282 e. The van der Waals surface area contributed by atoms with Crippen molar-refractivity contribution in [2.45, 2.75) is 37.8 Å². The van der Waals surface area contributed by atoms with Crippen LogP contribution in [0.5, 0.6) is 0 Å². The third-order valence-electron chi connectivity index (χ3n) is 3.77. The van der Waals surface area contributed by atoms with Crippen LogP contribution in [0.3, 0.4) is 0 Å². The largest absolute Gasteiger partial charge is 0.358 e. The van der Waals surface area contributed by atoms with Gasteiger partial charge in [0, 0.05) is 32.7 Å². The quantitative estimate of drug-likeness (QED) is 0.687. The van der Waals surface area contributed by atoms with Gasteiger partial charge in [-0.05, 0) is 19.3 Å². The van der Waals surface area contributed by atoms with Gasteiger partial charge in [0.15, 0.2) is 0 Å². The van der Waals surface area contributed by atoms with Crippen LogP contribution < -0.4 is 11.1 Å². The average molecular weight is 290 g/mol. The van der Waals surface area contributed by atoms with Crippen LogP contribution in [-0.4, -0.2) is 61.7 Å². The minimum atomic E-state index is -3.57. The molecule has 3 N–H and O–H groups in total. The molecule has 0 spiro atoms. The van der Waals surface area contributed by atoms with Gasteiger partial charge >= 0.3 is 0 Å². The molecule has 0 radical (unpaired) electrons. The van der Waals surface area contributed by atoms with Crippen molar-refractivity contribution in [1.82, 2.24) is 13.9 Å². The summed E-state index contributed by atoms with van der Waals surface area (Å²) in [5.74, 6) is -0.284. The fourth-order valence-corrected chi connectivity index (χ4v) is 4.64. The molecule has 0 aromatic rings. The van der Waals surface area contributed by atoms with Gasteiger partial charge in [0.05, 0.1) is 0 Å². The van der Waals surface area contributed by atoms with E-state index in [9.17, 15) is 13.2 Å². The number of rotatable bonds is 3. The second kappa shape index (κ2) is 5.74. The Labute approximate surface area is 114 Å². The number of nitrogens with zero attached hydrogens (tertiary/aromatic N) is 2. The van der Waals surface area contributed by atoms with Crippen LogP contribution in [0, 0.1) is 0 Å². The second-order valence-corrected chi connectivity index (χ2v) is 7.04. The topological polar surface area (TPSA) is 95.7 Å². The third kappa shape index (κ3) is 2.91. The summed E-state index contributed by atoms with van der Waals surface area (Å²) in [6.45, 7) is 1.29. The standard InChI is InChI=1S/C11H22N4O3S/c1-13-11(16)10-7-9(12)8-15(10)19(17,18)14-5-3-2-4-6-14/h9-10H,2-8,12H2,1H3,(H,13,16)/t9-,10-/m0/s1. The number of hydrogen-bond acceptors (Lipinski definition) is 4. The molecule has 2 aliphatic rings. The predicted octanol–water partition coefficient (Wildman–Crippen LogP) is -1.14. The molecule has 2 atom stereocenters. The van der Waals surface area contributed by atoms with Gasteiger partial charge in [-0.1, -0.05) is 6.42 Å². The van der Waals surface area contributed by atoms with Gasteiger partial charge < -0.3 is 11.1 Å². The van der Waals surface area contributed by atoms with Crippen LogP contribution in [0.4, 0.5) is 0 Å². The highest BCUT2D eigenvalue weighted by molar-refractivity contribution is 7.86. The fraction of sp³-hybridized carbons (Fsp3) is 0.909. The van der Waals surface area contributed by atoms with E-state index in [1.165, 1.54) is 15.7 Å². The number of amides is 1. The van der Waals surface area contributed by atoms with E-state index in [4.69, 9.17) is 5.73 Å². The van der Waals surface area contributed by atoms with Crippen molar-refractivity contribution in [3.8, 4) is 0 Å². The van der Waals surface area contributed by atoms with Gasteiger partial charge in [0.2, 0.25) is 5.91 Å². The molecule has 2 rings (SSSR count). The van der Waals surface area contributed by atoms with Crippen LogP contribution in [0.1, 0.15) is 25.7 Å². The summed E-state index contributed by atoms with van der Waals surface area (Å²) in [6.07, 6.45) is 3.20. The molecule has 2 saturated heterocycles. The highest BCUT2D eigenvalue weighted by atomic mass is 32.2. The Balaban J connectivity index is 2.19.